The van der Waals surface area contributed by atoms with Crippen molar-refractivity contribution in [1.29, 1.82) is 0 Å². The van der Waals surface area contributed by atoms with Crippen LogP contribution in [0.3, 0.4) is 0 Å². The van der Waals surface area contributed by atoms with E-state index in [1.165, 1.54) is 0 Å². The maximum Gasteiger partial charge on any atom is 0.409 e. The van der Waals surface area contributed by atoms with Crippen LogP contribution in [-0.4, -0.2) is 47.9 Å². The number of aliphatic hydroxyl groups excluding tert-OH is 1. The van der Waals surface area contributed by atoms with Gasteiger partial charge in [-0.25, -0.2) is 4.79 Å². The fourth-order valence-corrected chi connectivity index (χ4v) is 2.37. The zero-order valence-electron chi connectivity index (χ0n) is 11.8. The Morgan fingerprint density at radius 2 is 2.20 bits per heavy atom. The number of benzene rings is 1. The number of rotatable bonds is 4. The Kier molecular flexibility index (Phi) is 5.38. The van der Waals surface area contributed by atoms with Gasteiger partial charge in [-0.15, -0.1) is 0 Å². The van der Waals surface area contributed by atoms with Crippen LogP contribution in [0.25, 0.3) is 0 Å². The lowest BCUT2D eigenvalue weighted by Crippen LogP contribution is -2.54. The first-order valence-corrected chi connectivity index (χ1v) is 7.07. The van der Waals surface area contributed by atoms with Crippen LogP contribution in [0.1, 0.15) is 18.9 Å². The summed E-state index contributed by atoms with van der Waals surface area (Å²) in [6, 6.07) is 9.89. The molecule has 1 saturated heterocycles. The fraction of sp³-hybridized carbons (Fsp3) is 0.533. The molecule has 1 aliphatic heterocycles. The molecule has 2 atom stereocenters. The lowest BCUT2D eigenvalue weighted by atomic mass is 10.0. The van der Waals surface area contributed by atoms with E-state index >= 15 is 0 Å². The van der Waals surface area contributed by atoms with Crippen molar-refractivity contribution < 1.29 is 14.6 Å². The van der Waals surface area contributed by atoms with Crippen molar-refractivity contribution in [2.75, 3.05) is 19.7 Å². The zero-order chi connectivity index (χ0) is 14.4. The average molecular weight is 278 g/mol. The molecule has 0 radical (unpaired) electrons. The Morgan fingerprint density at radius 3 is 2.90 bits per heavy atom. The third kappa shape index (κ3) is 3.95. The third-order valence-corrected chi connectivity index (χ3v) is 3.51. The highest BCUT2D eigenvalue weighted by Crippen LogP contribution is 2.13. The molecule has 0 bridgehead atoms. The highest BCUT2D eigenvalue weighted by atomic mass is 16.6. The van der Waals surface area contributed by atoms with Gasteiger partial charge in [0.25, 0.3) is 0 Å². The minimum atomic E-state index is -0.426. The number of carbonyl (C=O) groups excluding carboxylic acids is 1. The summed E-state index contributed by atoms with van der Waals surface area (Å²) in [4.78, 5) is 13.4. The van der Waals surface area contributed by atoms with E-state index in [-0.39, 0.29) is 12.1 Å². The monoisotopic (exact) mass is 278 g/mol. The standard InChI is InChI=1S/C15H22N2O3/c1-2-20-15(19)17-9-8-14(18)13(11-17)16-10-12-6-4-3-5-7-12/h3-7,13-14,16,18H,2,8-11H2,1H3/t13-,14-/m1/s1. The SMILES string of the molecule is CCOC(=O)N1CC[C@@H](O)[C@H](NCc2ccccc2)C1. The highest BCUT2D eigenvalue weighted by Gasteiger charge is 2.30. The van der Waals surface area contributed by atoms with Gasteiger partial charge in [0.2, 0.25) is 0 Å². The van der Waals surface area contributed by atoms with Crippen molar-refractivity contribution in [2.24, 2.45) is 0 Å². The van der Waals surface area contributed by atoms with Gasteiger partial charge in [0.05, 0.1) is 18.8 Å². The highest BCUT2D eigenvalue weighted by molar-refractivity contribution is 5.67. The predicted molar refractivity (Wildman–Crippen MR) is 76.3 cm³/mol. The summed E-state index contributed by atoms with van der Waals surface area (Å²) in [5.41, 5.74) is 1.16. The van der Waals surface area contributed by atoms with E-state index in [4.69, 9.17) is 4.74 Å². The molecule has 20 heavy (non-hydrogen) atoms. The lowest BCUT2D eigenvalue weighted by molar-refractivity contribution is 0.0373. The Balaban J connectivity index is 1.87. The summed E-state index contributed by atoms with van der Waals surface area (Å²) < 4.78 is 5.01. The van der Waals surface area contributed by atoms with Crippen LogP contribution in [0.4, 0.5) is 4.79 Å². The number of nitrogens with zero attached hydrogens (tertiary/aromatic N) is 1. The van der Waals surface area contributed by atoms with Gasteiger partial charge < -0.3 is 20.1 Å². The van der Waals surface area contributed by atoms with Gasteiger partial charge in [0.1, 0.15) is 0 Å². The molecular weight excluding hydrogens is 256 g/mol. The number of hydrogen-bond acceptors (Lipinski definition) is 4. The average Bonchev–Trinajstić information content (AvgIpc) is 2.47. The minimum Gasteiger partial charge on any atom is -0.450 e. The van der Waals surface area contributed by atoms with Crippen LogP contribution in [0.2, 0.25) is 0 Å². The molecule has 1 aromatic carbocycles. The number of carbonyl (C=O) groups is 1. The first-order valence-electron chi connectivity index (χ1n) is 7.07. The summed E-state index contributed by atoms with van der Waals surface area (Å²) in [5, 5.41) is 13.4. The van der Waals surface area contributed by atoms with Gasteiger partial charge in [0.15, 0.2) is 0 Å². The van der Waals surface area contributed by atoms with E-state index < -0.39 is 6.10 Å². The van der Waals surface area contributed by atoms with E-state index in [9.17, 15) is 9.90 Å². The number of amides is 1. The Labute approximate surface area is 119 Å². The van der Waals surface area contributed by atoms with E-state index in [2.05, 4.69) is 5.32 Å². The van der Waals surface area contributed by atoms with Gasteiger partial charge in [-0.1, -0.05) is 30.3 Å². The molecule has 0 unspecified atom stereocenters. The second kappa shape index (κ2) is 7.26. The molecule has 1 aromatic rings. The number of likely N-dealkylation sites (tertiary alicyclic amines) is 1. The molecule has 2 N–H and O–H groups in total. The first-order chi connectivity index (χ1) is 9.70. The molecule has 1 heterocycles. The van der Waals surface area contributed by atoms with Gasteiger partial charge in [0, 0.05) is 19.6 Å². The van der Waals surface area contributed by atoms with Crippen LogP contribution < -0.4 is 5.32 Å². The van der Waals surface area contributed by atoms with Crippen molar-refractivity contribution >= 4 is 6.09 Å². The quantitative estimate of drug-likeness (QED) is 0.873. The number of nitrogens with one attached hydrogen (secondary N) is 1. The van der Waals surface area contributed by atoms with E-state index in [1.807, 2.05) is 30.3 Å². The van der Waals surface area contributed by atoms with Crippen LogP contribution in [0.15, 0.2) is 30.3 Å². The summed E-state index contributed by atoms with van der Waals surface area (Å²) in [6.07, 6.45) is -0.152. The van der Waals surface area contributed by atoms with Crippen LogP contribution in [0.5, 0.6) is 0 Å². The van der Waals surface area contributed by atoms with Crippen molar-refractivity contribution in [1.82, 2.24) is 10.2 Å². The van der Waals surface area contributed by atoms with Crippen LogP contribution in [-0.2, 0) is 11.3 Å². The fourth-order valence-electron chi connectivity index (χ4n) is 2.37. The molecule has 2 rings (SSSR count). The summed E-state index contributed by atoms with van der Waals surface area (Å²) in [5.74, 6) is 0. The molecule has 0 aliphatic carbocycles. The molecule has 1 aliphatic rings. The van der Waals surface area contributed by atoms with Crippen LogP contribution in [0, 0.1) is 0 Å². The molecule has 110 valence electrons. The van der Waals surface area contributed by atoms with Crippen molar-refractivity contribution in [3.05, 3.63) is 35.9 Å². The smallest absolute Gasteiger partial charge is 0.409 e. The number of piperidine rings is 1. The lowest BCUT2D eigenvalue weighted by Gasteiger charge is -2.36. The Bertz CT molecular complexity index is 424. The van der Waals surface area contributed by atoms with E-state index in [0.717, 1.165) is 5.56 Å². The number of ether oxygens (including phenoxy) is 1. The molecule has 1 fully saturated rings. The maximum atomic E-state index is 11.7. The van der Waals surface area contributed by atoms with Crippen molar-refractivity contribution in [2.45, 2.75) is 32.0 Å². The molecule has 5 heteroatoms. The van der Waals surface area contributed by atoms with E-state index in [0.29, 0.717) is 32.7 Å². The van der Waals surface area contributed by atoms with Gasteiger partial charge in [-0.05, 0) is 18.9 Å². The van der Waals surface area contributed by atoms with Gasteiger partial charge >= 0.3 is 6.09 Å². The van der Waals surface area contributed by atoms with Crippen LogP contribution >= 0.6 is 0 Å². The van der Waals surface area contributed by atoms with Gasteiger partial charge in [-0.2, -0.15) is 0 Å². The zero-order valence-corrected chi connectivity index (χ0v) is 11.8. The topological polar surface area (TPSA) is 61.8 Å². The number of aliphatic hydroxyl groups is 1. The third-order valence-electron chi connectivity index (χ3n) is 3.51. The van der Waals surface area contributed by atoms with Crippen molar-refractivity contribution in [3.63, 3.8) is 0 Å². The molecule has 1 amide bonds. The molecule has 0 saturated carbocycles. The summed E-state index contributed by atoms with van der Waals surface area (Å²) in [6.45, 7) is 3.87. The molecule has 0 aromatic heterocycles. The van der Waals surface area contributed by atoms with Gasteiger partial charge in [-0.3, -0.25) is 0 Å². The second-order valence-electron chi connectivity index (χ2n) is 4.97. The Hall–Kier alpha value is -1.59. The summed E-state index contributed by atoms with van der Waals surface area (Å²) >= 11 is 0. The minimum absolute atomic E-state index is 0.117. The predicted octanol–water partition coefficient (Wildman–Crippen LogP) is 1.37. The van der Waals surface area contributed by atoms with Crippen molar-refractivity contribution in [3.8, 4) is 0 Å². The molecule has 5 nitrogen and oxygen atoms in total. The maximum absolute atomic E-state index is 11.7. The largest absolute Gasteiger partial charge is 0.450 e. The molecular formula is C15H22N2O3. The summed E-state index contributed by atoms with van der Waals surface area (Å²) in [7, 11) is 0. The molecule has 0 spiro atoms. The first kappa shape index (κ1) is 14.8. The Morgan fingerprint density at radius 1 is 1.45 bits per heavy atom. The number of hydrogen-bond donors (Lipinski definition) is 2. The van der Waals surface area contributed by atoms with E-state index in [1.54, 1.807) is 11.8 Å². The second-order valence-corrected chi connectivity index (χ2v) is 4.97. The normalized spacial score (nSPS) is 22.6.